The lowest BCUT2D eigenvalue weighted by molar-refractivity contribution is -0.143. The molecule has 3 heterocycles. The molecule has 138 valence electrons. The Morgan fingerprint density at radius 1 is 1.19 bits per heavy atom. The van der Waals surface area contributed by atoms with Crippen LogP contribution in [0.5, 0.6) is 0 Å². The van der Waals surface area contributed by atoms with Crippen LogP contribution in [0, 0.1) is 17.8 Å². The summed E-state index contributed by atoms with van der Waals surface area (Å²) >= 11 is 0. The van der Waals surface area contributed by atoms with Crippen LogP contribution < -0.4 is 10.6 Å². The summed E-state index contributed by atoms with van der Waals surface area (Å²) in [6.07, 6.45) is 0. The van der Waals surface area contributed by atoms with Gasteiger partial charge in [0, 0.05) is 24.4 Å². The Bertz CT molecular complexity index is 793. The summed E-state index contributed by atoms with van der Waals surface area (Å²) in [5.41, 5.74) is 0.256. The van der Waals surface area contributed by atoms with Crippen LogP contribution in [0.25, 0.3) is 0 Å². The average molecular weight is 357 g/mol. The number of nitrogens with zero attached hydrogens (tertiary/aromatic N) is 1. The van der Waals surface area contributed by atoms with Crippen molar-refractivity contribution in [3.8, 4) is 0 Å². The first-order valence-corrected chi connectivity index (χ1v) is 8.96. The van der Waals surface area contributed by atoms with E-state index in [1.807, 2.05) is 38.1 Å². The summed E-state index contributed by atoms with van der Waals surface area (Å²) in [6.45, 7) is 4.50. The Kier molecular flexibility index (Phi) is 3.89. The highest BCUT2D eigenvalue weighted by Crippen LogP contribution is 2.53. The van der Waals surface area contributed by atoms with E-state index in [0.29, 0.717) is 5.69 Å². The molecular weight excluding hydrogens is 334 g/mol. The Morgan fingerprint density at radius 3 is 2.62 bits per heavy atom. The number of hydrogen-bond acceptors (Lipinski definition) is 5. The molecule has 4 atom stereocenters. The number of benzene rings is 1. The lowest BCUT2D eigenvalue weighted by atomic mass is 9.76. The van der Waals surface area contributed by atoms with Gasteiger partial charge in [0.2, 0.25) is 17.7 Å². The molecular formula is C19H23N3O4. The number of para-hydroxylation sites is 1. The van der Waals surface area contributed by atoms with Gasteiger partial charge in [-0.15, -0.1) is 0 Å². The number of fused-ring (bicyclic) bond motifs is 4. The second-order valence-corrected chi connectivity index (χ2v) is 7.55. The summed E-state index contributed by atoms with van der Waals surface area (Å²) < 4.78 is 5.05. The van der Waals surface area contributed by atoms with Crippen molar-refractivity contribution in [3.63, 3.8) is 0 Å². The maximum atomic E-state index is 13.2. The first-order chi connectivity index (χ1) is 12.4. The minimum absolute atomic E-state index is 0.0987. The van der Waals surface area contributed by atoms with Crippen LogP contribution in [0.3, 0.4) is 0 Å². The van der Waals surface area contributed by atoms with Crippen LogP contribution in [0.15, 0.2) is 24.3 Å². The number of likely N-dealkylation sites (tertiary alicyclic amines) is 1. The number of carbonyl (C=O) groups is 3. The topological polar surface area (TPSA) is 87.7 Å². The lowest BCUT2D eigenvalue weighted by Gasteiger charge is -2.30. The zero-order chi connectivity index (χ0) is 18.6. The number of carbonyl (C=O) groups excluding carboxylic acids is 3. The van der Waals surface area contributed by atoms with Crippen molar-refractivity contribution < 1.29 is 19.1 Å². The van der Waals surface area contributed by atoms with Gasteiger partial charge in [0.05, 0.1) is 25.0 Å². The third-order valence-corrected chi connectivity index (χ3v) is 5.89. The molecule has 0 saturated carbocycles. The molecule has 2 N–H and O–H groups in total. The van der Waals surface area contributed by atoms with Crippen LogP contribution in [-0.4, -0.2) is 48.9 Å². The van der Waals surface area contributed by atoms with E-state index in [-0.39, 0.29) is 42.8 Å². The molecule has 1 aromatic rings. The van der Waals surface area contributed by atoms with Crippen LogP contribution in [0.2, 0.25) is 0 Å². The number of ether oxygens (including phenoxy) is 1. The van der Waals surface area contributed by atoms with Crippen molar-refractivity contribution in [3.05, 3.63) is 29.8 Å². The Balaban J connectivity index is 1.85. The number of methoxy groups -OCH3 is 1. The van der Waals surface area contributed by atoms with Crippen molar-refractivity contribution in [2.24, 2.45) is 17.8 Å². The van der Waals surface area contributed by atoms with Crippen LogP contribution in [-0.2, 0) is 24.7 Å². The third-order valence-electron chi connectivity index (χ3n) is 5.89. The molecule has 0 aromatic heterocycles. The fourth-order valence-electron chi connectivity index (χ4n) is 4.73. The quantitative estimate of drug-likeness (QED) is 0.775. The number of rotatable bonds is 4. The molecule has 1 aromatic carbocycles. The van der Waals surface area contributed by atoms with Gasteiger partial charge in [0.25, 0.3) is 0 Å². The zero-order valence-electron chi connectivity index (χ0n) is 15.1. The van der Waals surface area contributed by atoms with Crippen molar-refractivity contribution >= 4 is 23.4 Å². The van der Waals surface area contributed by atoms with E-state index >= 15 is 0 Å². The molecule has 7 heteroatoms. The lowest BCUT2D eigenvalue weighted by Crippen LogP contribution is -2.54. The minimum Gasteiger partial charge on any atom is -0.383 e. The summed E-state index contributed by atoms with van der Waals surface area (Å²) in [5, 5.41) is 6.29. The summed E-state index contributed by atoms with van der Waals surface area (Å²) in [7, 11) is 1.53. The van der Waals surface area contributed by atoms with Gasteiger partial charge in [-0.3, -0.25) is 24.6 Å². The maximum absolute atomic E-state index is 13.2. The Labute approximate surface area is 152 Å². The molecule has 7 nitrogen and oxygen atoms in total. The summed E-state index contributed by atoms with van der Waals surface area (Å²) in [5.74, 6) is -1.94. The van der Waals surface area contributed by atoms with E-state index in [1.54, 1.807) is 0 Å². The SMILES string of the molecule is COCCN1C(=O)[C@H]2C(C(C)C)NC3(C(=O)Nc4ccccc43)[C@H]2C1=O. The highest BCUT2D eigenvalue weighted by molar-refractivity contribution is 6.15. The second kappa shape index (κ2) is 5.89. The number of anilines is 1. The fraction of sp³-hybridized carbons (Fsp3) is 0.526. The van der Waals surface area contributed by atoms with Crippen molar-refractivity contribution in [1.82, 2.24) is 10.2 Å². The molecule has 2 fully saturated rings. The number of nitrogens with one attached hydrogen (secondary N) is 2. The maximum Gasteiger partial charge on any atom is 0.250 e. The largest absolute Gasteiger partial charge is 0.383 e. The first kappa shape index (κ1) is 17.2. The smallest absolute Gasteiger partial charge is 0.250 e. The standard InChI is InChI=1S/C19H23N3O4/c1-10(2)15-13-14(17(24)22(16(13)23)8-9-26-3)19(21-15)11-6-4-5-7-12(11)20-18(19)25/h4-7,10,13-15,21H,8-9H2,1-3H3,(H,20,25)/t13-,14-,15?,19?/m1/s1. The molecule has 3 aliphatic heterocycles. The predicted molar refractivity (Wildman–Crippen MR) is 94.1 cm³/mol. The van der Waals surface area contributed by atoms with Crippen LogP contribution in [0.4, 0.5) is 5.69 Å². The van der Waals surface area contributed by atoms with Gasteiger partial charge < -0.3 is 10.1 Å². The molecule has 0 aliphatic carbocycles. The van der Waals surface area contributed by atoms with Gasteiger partial charge in [0.15, 0.2) is 0 Å². The molecule has 3 amide bonds. The molecule has 3 aliphatic rings. The number of imide groups is 1. The highest BCUT2D eigenvalue weighted by Gasteiger charge is 2.70. The molecule has 4 rings (SSSR count). The third kappa shape index (κ3) is 2.04. The van der Waals surface area contributed by atoms with E-state index in [4.69, 9.17) is 4.74 Å². The van der Waals surface area contributed by atoms with Gasteiger partial charge in [-0.05, 0) is 12.0 Å². The molecule has 26 heavy (non-hydrogen) atoms. The van der Waals surface area contributed by atoms with E-state index < -0.39 is 17.4 Å². The molecule has 2 unspecified atom stereocenters. The van der Waals surface area contributed by atoms with Gasteiger partial charge >= 0.3 is 0 Å². The van der Waals surface area contributed by atoms with Gasteiger partial charge in [-0.2, -0.15) is 0 Å². The van der Waals surface area contributed by atoms with E-state index in [1.165, 1.54) is 12.0 Å². The fourth-order valence-corrected chi connectivity index (χ4v) is 4.73. The predicted octanol–water partition coefficient (Wildman–Crippen LogP) is 0.709. The summed E-state index contributed by atoms with van der Waals surface area (Å²) in [4.78, 5) is 40.6. The van der Waals surface area contributed by atoms with E-state index in [2.05, 4.69) is 10.6 Å². The summed E-state index contributed by atoms with van der Waals surface area (Å²) in [6, 6.07) is 7.13. The van der Waals surface area contributed by atoms with E-state index in [0.717, 1.165) is 5.56 Å². The number of amides is 3. The normalized spacial score (nSPS) is 32.5. The minimum atomic E-state index is -1.19. The molecule has 1 spiro atoms. The molecule has 2 saturated heterocycles. The monoisotopic (exact) mass is 357 g/mol. The zero-order valence-corrected chi connectivity index (χ0v) is 15.1. The highest BCUT2D eigenvalue weighted by atomic mass is 16.5. The van der Waals surface area contributed by atoms with Crippen molar-refractivity contribution in [2.75, 3.05) is 25.6 Å². The van der Waals surface area contributed by atoms with Gasteiger partial charge in [-0.1, -0.05) is 32.0 Å². The first-order valence-electron chi connectivity index (χ1n) is 8.96. The van der Waals surface area contributed by atoms with Gasteiger partial charge in [0.1, 0.15) is 5.54 Å². The van der Waals surface area contributed by atoms with Gasteiger partial charge in [-0.25, -0.2) is 0 Å². The Morgan fingerprint density at radius 2 is 1.92 bits per heavy atom. The van der Waals surface area contributed by atoms with Crippen LogP contribution in [0.1, 0.15) is 19.4 Å². The second-order valence-electron chi connectivity index (χ2n) is 7.55. The van der Waals surface area contributed by atoms with Crippen LogP contribution >= 0.6 is 0 Å². The Hall–Kier alpha value is -2.25. The molecule has 0 bridgehead atoms. The van der Waals surface area contributed by atoms with E-state index in [9.17, 15) is 14.4 Å². The molecule has 0 radical (unpaired) electrons. The van der Waals surface area contributed by atoms with Crippen molar-refractivity contribution in [1.29, 1.82) is 0 Å². The number of hydrogen-bond donors (Lipinski definition) is 2. The van der Waals surface area contributed by atoms with Crippen molar-refractivity contribution in [2.45, 2.75) is 25.4 Å². The average Bonchev–Trinajstić information content (AvgIpc) is 3.20.